The molecule has 1 aromatic heterocycles. The van der Waals surface area contributed by atoms with E-state index in [4.69, 9.17) is 16.9 Å². The number of carbonyl (C=O) groups excluding carboxylic acids is 1. The highest BCUT2D eigenvalue weighted by molar-refractivity contribution is 6.27. The van der Waals surface area contributed by atoms with Crippen LogP contribution < -0.4 is 4.90 Å². The van der Waals surface area contributed by atoms with Crippen LogP contribution in [0.15, 0.2) is 18.3 Å². The second-order valence-corrected chi connectivity index (χ2v) is 5.14. The Bertz CT molecular complexity index is 503. The summed E-state index contributed by atoms with van der Waals surface area (Å²) in [6.07, 6.45) is 3.39. The molecule has 0 N–H and O–H groups in total. The van der Waals surface area contributed by atoms with Crippen molar-refractivity contribution in [3.05, 3.63) is 23.9 Å². The van der Waals surface area contributed by atoms with Gasteiger partial charge in [-0.2, -0.15) is 5.26 Å². The number of hydrogen-bond acceptors (Lipinski definition) is 4. The Morgan fingerprint density at radius 3 is 2.75 bits per heavy atom. The molecule has 0 aliphatic carbocycles. The lowest BCUT2D eigenvalue weighted by atomic mass is 10.0. The van der Waals surface area contributed by atoms with Gasteiger partial charge in [0.2, 0.25) is 5.91 Å². The van der Waals surface area contributed by atoms with Gasteiger partial charge in [0.25, 0.3) is 0 Å². The predicted molar refractivity (Wildman–Crippen MR) is 77.7 cm³/mol. The van der Waals surface area contributed by atoms with Crippen LogP contribution in [0, 0.1) is 11.3 Å². The van der Waals surface area contributed by atoms with Crippen molar-refractivity contribution in [3.8, 4) is 6.07 Å². The van der Waals surface area contributed by atoms with Crippen LogP contribution in [0.4, 0.5) is 5.82 Å². The number of hydrogen-bond donors (Lipinski definition) is 0. The third-order valence-corrected chi connectivity index (χ3v) is 3.95. The molecule has 6 heteroatoms. The van der Waals surface area contributed by atoms with Crippen LogP contribution >= 0.6 is 11.6 Å². The van der Waals surface area contributed by atoms with E-state index in [1.54, 1.807) is 12.3 Å². The molecule has 1 aliphatic rings. The quantitative estimate of drug-likeness (QED) is 0.794. The van der Waals surface area contributed by atoms with Gasteiger partial charge in [-0.25, -0.2) is 4.98 Å². The summed E-state index contributed by atoms with van der Waals surface area (Å²) in [6.45, 7) is 1.47. The second-order valence-electron chi connectivity index (χ2n) is 4.87. The molecular weight excluding hydrogens is 276 g/mol. The Morgan fingerprint density at radius 2 is 2.25 bits per heavy atom. The summed E-state index contributed by atoms with van der Waals surface area (Å²) < 4.78 is 0. The van der Waals surface area contributed by atoms with Crippen molar-refractivity contribution >= 4 is 23.3 Å². The Kier molecular flexibility index (Phi) is 4.80. The van der Waals surface area contributed by atoms with E-state index < -0.39 is 0 Å². The fraction of sp³-hybridized carbons (Fsp3) is 0.500. The molecule has 0 radical (unpaired) electrons. The number of likely N-dealkylation sites (tertiary alicyclic amines) is 1. The topological polar surface area (TPSA) is 60.2 Å². The van der Waals surface area contributed by atoms with Crippen molar-refractivity contribution < 1.29 is 4.79 Å². The SMILES string of the molecule is CN(c1ccc(C#N)cn1)C1CCN(C(=O)CCl)CC1. The Hall–Kier alpha value is -1.80. The molecular formula is C14H17ClN4O. The summed E-state index contributed by atoms with van der Waals surface area (Å²) in [7, 11) is 2.00. The van der Waals surface area contributed by atoms with Gasteiger partial charge in [0.05, 0.1) is 5.56 Å². The summed E-state index contributed by atoms with van der Waals surface area (Å²) in [5.74, 6) is 0.910. The summed E-state index contributed by atoms with van der Waals surface area (Å²) in [4.78, 5) is 19.7. The van der Waals surface area contributed by atoms with Gasteiger partial charge in [0.1, 0.15) is 17.8 Å². The zero-order valence-electron chi connectivity index (χ0n) is 11.4. The minimum absolute atomic E-state index is 0.00395. The molecule has 106 valence electrons. The molecule has 0 aromatic carbocycles. The van der Waals surface area contributed by atoms with Crippen molar-refractivity contribution in [2.45, 2.75) is 18.9 Å². The molecule has 1 aliphatic heterocycles. The number of aromatic nitrogens is 1. The molecule has 2 rings (SSSR count). The maximum atomic E-state index is 11.5. The van der Waals surface area contributed by atoms with E-state index in [-0.39, 0.29) is 11.8 Å². The third kappa shape index (κ3) is 3.20. The van der Waals surface area contributed by atoms with Crippen LogP contribution in [0.5, 0.6) is 0 Å². The first-order chi connectivity index (χ1) is 9.65. The maximum absolute atomic E-state index is 11.5. The fourth-order valence-electron chi connectivity index (χ4n) is 2.43. The average Bonchev–Trinajstić information content (AvgIpc) is 2.53. The number of pyridine rings is 1. The first-order valence-corrected chi connectivity index (χ1v) is 7.12. The number of nitriles is 1. The van der Waals surface area contributed by atoms with E-state index >= 15 is 0 Å². The molecule has 0 spiro atoms. The molecule has 0 saturated carbocycles. The van der Waals surface area contributed by atoms with Crippen LogP contribution in [0.25, 0.3) is 0 Å². The van der Waals surface area contributed by atoms with E-state index in [1.165, 1.54) is 0 Å². The zero-order valence-corrected chi connectivity index (χ0v) is 12.2. The number of amides is 1. The van der Waals surface area contributed by atoms with Crippen LogP contribution in [0.2, 0.25) is 0 Å². The normalized spacial score (nSPS) is 15.8. The summed E-state index contributed by atoms with van der Waals surface area (Å²) in [5, 5.41) is 8.77. The molecule has 1 fully saturated rings. The van der Waals surface area contributed by atoms with E-state index in [1.807, 2.05) is 18.0 Å². The summed E-state index contributed by atoms with van der Waals surface area (Å²) in [6, 6.07) is 6.04. The van der Waals surface area contributed by atoms with Gasteiger partial charge >= 0.3 is 0 Å². The van der Waals surface area contributed by atoms with E-state index in [0.717, 1.165) is 31.7 Å². The Morgan fingerprint density at radius 1 is 1.55 bits per heavy atom. The molecule has 1 saturated heterocycles. The lowest BCUT2D eigenvalue weighted by Crippen LogP contribution is -2.46. The predicted octanol–water partition coefficient (Wildman–Crippen LogP) is 1.62. The van der Waals surface area contributed by atoms with Gasteiger partial charge in [0.15, 0.2) is 0 Å². The molecule has 0 unspecified atom stereocenters. The van der Waals surface area contributed by atoms with E-state index in [2.05, 4.69) is 16.0 Å². The zero-order chi connectivity index (χ0) is 14.5. The number of piperidine rings is 1. The van der Waals surface area contributed by atoms with E-state index in [9.17, 15) is 4.79 Å². The van der Waals surface area contributed by atoms with Gasteiger partial charge in [-0.05, 0) is 25.0 Å². The summed E-state index contributed by atoms with van der Waals surface area (Å²) >= 11 is 5.57. The minimum Gasteiger partial charge on any atom is -0.357 e. The number of carbonyl (C=O) groups is 1. The van der Waals surface area contributed by atoms with Crippen LogP contribution in [-0.2, 0) is 4.79 Å². The third-order valence-electron chi connectivity index (χ3n) is 3.72. The first kappa shape index (κ1) is 14.6. The standard InChI is InChI=1S/C14H17ClN4O/c1-18(13-3-2-11(9-16)10-17-13)12-4-6-19(7-5-12)14(20)8-15/h2-3,10,12H,4-8H2,1H3. The number of halogens is 1. The van der Waals surface area contributed by atoms with Crippen molar-refractivity contribution in [1.82, 2.24) is 9.88 Å². The van der Waals surface area contributed by atoms with Gasteiger partial charge in [-0.1, -0.05) is 0 Å². The lowest BCUT2D eigenvalue weighted by molar-refractivity contribution is -0.129. The second kappa shape index (κ2) is 6.58. The smallest absolute Gasteiger partial charge is 0.237 e. The minimum atomic E-state index is 0.00395. The molecule has 0 atom stereocenters. The van der Waals surface area contributed by atoms with Crippen LogP contribution in [-0.4, -0.2) is 47.9 Å². The molecule has 1 aromatic rings. The first-order valence-electron chi connectivity index (χ1n) is 6.58. The monoisotopic (exact) mass is 292 g/mol. The van der Waals surface area contributed by atoms with Gasteiger partial charge in [-0.3, -0.25) is 4.79 Å². The highest BCUT2D eigenvalue weighted by Crippen LogP contribution is 2.20. The van der Waals surface area contributed by atoms with Crippen molar-refractivity contribution in [3.63, 3.8) is 0 Å². The van der Waals surface area contributed by atoms with Crippen LogP contribution in [0.3, 0.4) is 0 Å². The van der Waals surface area contributed by atoms with E-state index in [0.29, 0.717) is 11.6 Å². The summed E-state index contributed by atoms with van der Waals surface area (Å²) in [5.41, 5.74) is 0.560. The van der Waals surface area contributed by atoms with Crippen LogP contribution in [0.1, 0.15) is 18.4 Å². The molecule has 20 heavy (non-hydrogen) atoms. The molecule has 2 heterocycles. The van der Waals surface area contributed by atoms with Crippen molar-refractivity contribution in [2.75, 3.05) is 30.9 Å². The Labute approximate surface area is 123 Å². The maximum Gasteiger partial charge on any atom is 0.237 e. The Balaban J connectivity index is 1.95. The van der Waals surface area contributed by atoms with Crippen molar-refractivity contribution in [2.24, 2.45) is 0 Å². The fourth-order valence-corrected chi connectivity index (χ4v) is 2.60. The highest BCUT2D eigenvalue weighted by atomic mass is 35.5. The van der Waals surface area contributed by atoms with Gasteiger partial charge < -0.3 is 9.80 Å². The lowest BCUT2D eigenvalue weighted by Gasteiger charge is -2.37. The number of rotatable bonds is 3. The average molecular weight is 293 g/mol. The molecule has 1 amide bonds. The molecule has 5 nitrogen and oxygen atoms in total. The largest absolute Gasteiger partial charge is 0.357 e. The number of anilines is 1. The number of alkyl halides is 1. The van der Waals surface area contributed by atoms with Gasteiger partial charge in [-0.15, -0.1) is 11.6 Å². The highest BCUT2D eigenvalue weighted by Gasteiger charge is 2.25. The van der Waals surface area contributed by atoms with Gasteiger partial charge in [0, 0.05) is 32.4 Å². The number of nitrogens with zero attached hydrogens (tertiary/aromatic N) is 4. The molecule has 0 bridgehead atoms. The van der Waals surface area contributed by atoms with Crippen molar-refractivity contribution in [1.29, 1.82) is 5.26 Å².